The summed E-state index contributed by atoms with van der Waals surface area (Å²) in [6.45, 7) is 6.56. The van der Waals surface area contributed by atoms with E-state index in [0.717, 1.165) is 17.2 Å². The predicted molar refractivity (Wildman–Crippen MR) is 56.1 cm³/mol. The zero-order chi connectivity index (χ0) is 10.1. The van der Waals surface area contributed by atoms with Crippen molar-refractivity contribution in [1.29, 1.82) is 0 Å². The van der Waals surface area contributed by atoms with Crippen LogP contribution in [-0.2, 0) is 9.53 Å². The Balaban J connectivity index is 2.87. The second-order valence-corrected chi connectivity index (χ2v) is 9.32. The van der Waals surface area contributed by atoms with Crippen LogP contribution < -0.4 is 0 Å². The van der Waals surface area contributed by atoms with Gasteiger partial charge in [-0.05, 0) is 11.6 Å². The highest BCUT2D eigenvalue weighted by Gasteiger charge is 2.31. The summed E-state index contributed by atoms with van der Waals surface area (Å²) in [6, 6.07) is 0. The summed E-state index contributed by atoms with van der Waals surface area (Å²) in [4.78, 5) is 11.8. The van der Waals surface area contributed by atoms with Crippen molar-refractivity contribution in [2.24, 2.45) is 0 Å². The Bertz CT molecular complexity index is 282. The number of Topliss-reactive ketones (excluding diaryl/α,β-unsaturated/α-hetero) is 1. The van der Waals surface area contributed by atoms with Crippen LogP contribution in [0.3, 0.4) is 0 Å². The molecule has 0 heterocycles. The first kappa shape index (κ1) is 10.2. The minimum Gasteiger partial charge on any atom is -0.504 e. The highest BCUT2D eigenvalue weighted by molar-refractivity contribution is 6.88. The molecule has 0 saturated carbocycles. The summed E-state index contributed by atoms with van der Waals surface area (Å²) in [5.74, 6) is 0.195. The van der Waals surface area contributed by atoms with Gasteiger partial charge in [-0.25, -0.2) is 0 Å². The zero-order valence-electron chi connectivity index (χ0n) is 8.68. The van der Waals surface area contributed by atoms with Crippen LogP contribution in [0.1, 0.15) is 6.42 Å². The maximum atomic E-state index is 11.8. The molecule has 0 bridgehead atoms. The van der Waals surface area contributed by atoms with Crippen LogP contribution in [0.4, 0.5) is 0 Å². The third-order valence-corrected chi connectivity index (χ3v) is 4.18. The van der Waals surface area contributed by atoms with Crippen molar-refractivity contribution in [3.8, 4) is 0 Å². The lowest BCUT2D eigenvalue weighted by molar-refractivity contribution is -0.111. The maximum absolute atomic E-state index is 11.8. The molecule has 0 fully saturated rings. The molecule has 0 aromatic heterocycles. The van der Waals surface area contributed by atoms with E-state index in [1.165, 1.54) is 0 Å². The largest absolute Gasteiger partial charge is 0.504 e. The van der Waals surface area contributed by atoms with Gasteiger partial charge in [-0.1, -0.05) is 25.7 Å². The Labute approximate surface area is 80.3 Å². The average molecular weight is 196 g/mol. The second-order valence-electron chi connectivity index (χ2n) is 4.28. The first-order valence-corrected chi connectivity index (χ1v) is 7.94. The molecule has 2 nitrogen and oxygen atoms in total. The molecule has 0 N–H and O–H groups in total. The standard InChI is InChI=1S/C10H16O2Si/c1-12-7-8-5-6-9(10(8)11)13(2,3)4/h6-7H,5H2,1-4H3/b8-7-. The fraction of sp³-hybridized carbons (Fsp3) is 0.500. The van der Waals surface area contributed by atoms with Crippen molar-refractivity contribution in [1.82, 2.24) is 0 Å². The van der Waals surface area contributed by atoms with Crippen LogP contribution >= 0.6 is 0 Å². The third kappa shape index (κ3) is 2.09. The molecule has 0 aromatic rings. The molecule has 0 unspecified atom stereocenters. The summed E-state index contributed by atoms with van der Waals surface area (Å²) in [5, 5.41) is 1.04. The first-order valence-electron chi connectivity index (χ1n) is 4.44. The van der Waals surface area contributed by atoms with Gasteiger partial charge in [0.2, 0.25) is 0 Å². The van der Waals surface area contributed by atoms with Crippen molar-refractivity contribution >= 4 is 13.9 Å². The molecule has 3 heteroatoms. The van der Waals surface area contributed by atoms with Crippen LogP contribution in [-0.4, -0.2) is 21.0 Å². The van der Waals surface area contributed by atoms with E-state index in [1.807, 2.05) is 0 Å². The molecule has 0 aromatic carbocycles. The summed E-state index contributed by atoms with van der Waals surface area (Å²) in [7, 11) is 0.133. The van der Waals surface area contributed by atoms with Gasteiger partial charge < -0.3 is 4.74 Å². The van der Waals surface area contributed by atoms with E-state index >= 15 is 0 Å². The monoisotopic (exact) mass is 196 g/mol. The molecule has 0 amide bonds. The number of allylic oxidation sites excluding steroid dienone is 3. The topological polar surface area (TPSA) is 26.3 Å². The maximum Gasteiger partial charge on any atom is 0.184 e. The number of carbonyl (C=O) groups is 1. The SMILES string of the molecule is CO/C=C1/CC=C([Si](C)(C)C)C1=O. The fourth-order valence-electron chi connectivity index (χ4n) is 1.46. The molecule has 0 aliphatic heterocycles. The lowest BCUT2D eigenvalue weighted by Gasteiger charge is -2.15. The fourth-order valence-corrected chi connectivity index (χ4v) is 3.02. The van der Waals surface area contributed by atoms with Gasteiger partial charge in [-0.3, -0.25) is 4.79 Å². The summed E-state index contributed by atoms with van der Waals surface area (Å²) in [5.41, 5.74) is 0.792. The van der Waals surface area contributed by atoms with Crippen molar-refractivity contribution in [2.45, 2.75) is 26.1 Å². The molecular formula is C10H16O2Si. The summed E-state index contributed by atoms with van der Waals surface area (Å²) >= 11 is 0. The average Bonchev–Trinajstić information content (AvgIpc) is 2.32. The number of carbonyl (C=O) groups excluding carboxylic acids is 1. The van der Waals surface area contributed by atoms with Crippen molar-refractivity contribution in [3.63, 3.8) is 0 Å². The Kier molecular flexibility index (Phi) is 2.76. The van der Waals surface area contributed by atoms with Crippen molar-refractivity contribution in [2.75, 3.05) is 7.11 Å². The van der Waals surface area contributed by atoms with E-state index in [2.05, 4.69) is 25.7 Å². The minimum absolute atomic E-state index is 0.195. The van der Waals surface area contributed by atoms with Crippen LogP contribution in [0.15, 0.2) is 23.1 Å². The van der Waals surface area contributed by atoms with Crippen LogP contribution in [0.25, 0.3) is 0 Å². The smallest absolute Gasteiger partial charge is 0.184 e. The van der Waals surface area contributed by atoms with Gasteiger partial charge in [0, 0.05) is 5.57 Å². The molecule has 1 aliphatic rings. The van der Waals surface area contributed by atoms with E-state index in [0.29, 0.717) is 0 Å². The van der Waals surface area contributed by atoms with Gasteiger partial charge in [-0.15, -0.1) is 0 Å². The van der Waals surface area contributed by atoms with Gasteiger partial charge in [0.05, 0.1) is 21.4 Å². The molecule has 72 valence electrons. The van der Waals surface area contributed by atoms with Gasteiger partial charge in [0.15, 0.2) is 5.78 Å². The lowest BCUT2D eigenvalue weighted by Crippen LogP contribution is -2.27. The number of methoxy groups -OCH3 is 1. The van der Waals surface area contributed by atoms with Crippen LogP contribution in [0, 0.1) is 0 Å². The highest BCUT2D eigenvalue weighted by Crippen LogP contribution is 2.27. The Morgan fingerprint density at radius 1 is 1.46 bits per heavy atom. The molecule has 13 heavy (non-hydrogen) atoms. The Morgan fingerprint density at radius 2 is 2.08 bits per heavy atom. The van der Waals surface area contributed by atoms with Gasteiger partial charge in [0.25, 0.3) is 0 Å². The number of ketones is 1. The summed E-state index contributed by atoms with van der Waals surface area (Å²) < 4.78 is 4.86. The number of ether oxygens (including phenoxy) is 1. The molecule has 0 spiro atoms. The zero-order valence-corrected chi connectivity index (χ0v) is 9.68. The van der Waals surface area contributed by atoms with Gasteiger partial charge in [0.1, 0.15) is 0 Å². The number of hydrogen-bond acceptors (Lipinski definition) is 2. The number of hydrogen-bond donors (Lipinski definition) is 0. The van der Waals surface area contributed by atoms with E-state index in [9.17, 15) is 4.79 Å². The summed E-state index contributed by atoms with van der Waals surface area (Å²) in [6.07, 6.45) is 4.36. The Morgan fingerprint density at radius 3 is 2.46 bits per heavy atom. The molecule has 0 radical (unpaired) electrons. The van der Waals surface area contributed by atoms with E-state index in [-0.39, 0.29) is 5.78 Å². The molecule has 1 aliphatic carbocycles. The van der Waals surface area contributed by atoms with E-state index in [4.69, 9.17) is 4.74 Å². The minimum atomic E-state index is -1.44. The van der Waals surface area contributed by atoms with Crippen LogP contribution in [0.5, 0.6) is 0 Å². The quantitative estimate of drug-likeness (QED) is 0.385. The van der Waals surface area contributed by atoms with E-state index in [1.54, 1.807) is 13.4 Å². The van der Waals surface area contributed by atoms with Crippen LogP contribution in [0.2, 0.25) is 19.6 Å². The molecule has 1 rings (SSSR count). The third-order valence-electron chi connectivity index (χ3n) is 2.13. The second kappa shape index (κ2) is 3.50. The first-order chi connectivity index (χ1) is 5.96. The number of rotatable bonds is 2. The normalized spacial score (nSPS) is 20.8. The van der Waals surface area contributed by atoms with Crippen molar-refractivity contribution in [3.05, 3.63) is 23.1 Å². The Hall–Kier alpha value is -0.833. The lowest BCUT2D eigenvalue weighted by atomic mass is 10.2. The van der Waals surface area contributed by atoms with Gasteiger partial charge >= 0.3 is 0 Å². The van der Waals surface area contributed by atoms with Crippen molar-refractivity contribution < 1.29 is 9.53 Å². The van der Waals surface area contributed by atoms with E-state index < -0.39 is 8.07 Å². The highest BCUT2D eigenvalue weighted by atomic mass is 28.3. The van der Waals surface area contributed by atoms with Gasteiger partial charge in [-0.2, -0.15) is 0 Å². The molecular weight excluding hydrogens is 180 g/mol. The predicted octanol–water partition coefficient (Wildman–Crippen LogP) is 2.29. The molecule has 0 saturated heterocycles. The molecule has 0 atom stereocenters.